The van der Waals surface area contributed by atoms with E-state index in [2.05, 4.69) is 5.48 Å². The van der Waals surface area contributed by atoms with E-state index in [0.717, 1.165) is 18.2 Å². The summed E-state index contributed by atoms with van der Waals surface area (Å²) < 4.78 is 25.8. The van der Waals surface area contributed by atoms with E-state index in [1.165, 1.54) is 0 Å². The molecule has 0 heterocycles. The molecule has 0 aliphatic rings. The van der Waals surface area contributed by atoms with Gasteiger partial charge in [-0.25, -0.2) is 8.78 Å². The molecular weight excluding hydrogens is 200 g/mol. The first-order valence-electron chi connectivity index (χ1n) is 4.88. The second kappa shape index (κ2) is 5.78. The van der Waals surface area contributed by atoms with E-state index in [1.807, 2.05) is 13.8 Å². The lowest BCUT2D eigenvalue weighted by Gasteiger charge is -2.08. The van der Waals surface area contributed by atoms with Crippen LogP contribution in [0.3, 0.4) is 0 Å². The third kappa shape index (κ3) is 4.36. The molecule has 0 bridgehead atoms. The van der Waals surface area contributed by atoms with E-state index in [-0.39, 0.29) is 12.1 Å². The van der Waals surface area contributed by atoms with Crippen molar-refractivity contribution >= 4 is 0 Å². The summed E-state index contributed by atoms with van der Waals surface area (Å²) in [4.78, 5) is 5.05. The van der Waals surface area contributed by atoms with E-state index in [1.54, 1.807) is 0 Å². The van der Waals surface area contributed by atoms with Crippen molar-refractivity contribution < 1.29 is 13.6 Å². The molecule has 15 heavy (non-hydrogen) atoms. The smallest absolute Gasteiger partial charge is 0.127 e. The minimum atomic E-state index is -0.447. The molecular formula is C11H15F2NO. The van der Waals surface area contributed by atoms with Gasteiger partial charge in [0.15, 0.2) is 0 Å². The fraction of sp³-hybridized carbons (Fsp3) is 0.455. The van der Waals surface area contributed by atoms with Crippen LogP contribution in [0.2, 0.25) is 0 Å². The van der Waals surface area contributed by atoms with E-state index >= 15 is 0 Å². The molecule has 0 fully saturated rings. The molecule has 1 aromatic carbocycles. The van der Waals surface area contributed by atoms with Gasteiger partial charge in [-0.3, -0.25) is 0 Å². The Kier molecular flexibility index (Phi) is 4.65. The quantitative estimate of drug-likeness (QED) is 0.602. The van der Waals surface area contributed by atoms with Gasteiger partial charge in [-0.15, -0.1) is 0 Å². The van der Waals surface area contributed by atoms with Gasteiger partial charge >= 0.3 is 0 Å². The number of rotatable bonds is 5. The van der Waals surface area contributed by atoms with Crippen molar-refractivity contribution in [2.24, 2.45) is 5.92 Å². The molecule has 0 radical (unpaired) electrons. The van der Waals surface area contributed by atoms with E-state index < -0.39 is 11.6 Å². The Morgan fingerprint density at radius 1 is 1.33 bits per heavy atom. The minimum absolute atomic E-state index is 0.163. The van der Waals surface area contributed by atoms with Crippen molar-refractivity contribution in [1.29, 1.82) is 0 Å². The number of halogens is 2. The lowest BCUT2D eigenvalue weighted by Crippen LogP contribution is -2.18. The molecule has 4 heteroatoms. The zero-order valence-electron chi connectivity index (χ0n) is 8.89. The van der Waals surface area contributed by atoms with Crippen LogP contribution in [0.1, 0.15) is 19.4 Å². The van der Waals surface area contributed by atoms with Crippen molar-refractivity contribution in [2.45, 2.75) is 20.4 Å². The van der Waals surface area contributed by atoms with Gasteiger partial charge in [-0.2, -0.15) is 5.48 Å². The van der Waals surface area contributed by atoms with Crippen LogP contribution in [0.15, 0.2) is 18.2 Å². The molecule has 84 valence electrons. The van der Waals surface area contributed by atoms with Crippen molar-refractivity contribution in [3.8, 4) is 0 Å². The third-order valence-corrected chi connectivity index (χ3v) is 1.79. The number of benzene rings is 1. The first kappa shape index (κ1) is 12.1. The Morgan fingerprint density at radius 3 is 2.73 bits per heavy atom. The second-order valence-electron chi connectivity index (χ2n) is 3.76. The second-order valence-corrected chi connectivity index (χ2v) is 3.76. The van der Waals surface area contributed by atoms with Crippen LogP contribution in [-0.2, 0) is 11.4 Å². The minimum Gasteiger partial charge on any atom is -0.301 e. The predicted molar refractivity (Wildman–Crippen MR) is 54.0 cm³/mol. The van der Waals surface area contributed by atoms with Crippen LogP contribution in [-0.4, -0.2) is 6.61 Å². The molecule has 0 aromatic heterocycles. The fourth-order valence-corrected chi connectivity index (χ4v) is 1.03. The normalized spacial score (nSPS) is 11.0. The van der Waals surface area contributed by atoms with E-state index in [9.17, 15) is 8.78 Å². The van der Waals surface area contributed by atoms with Gasteiger partial charge in [0.1, 0.15) is 11.6 Å². The highest BCUT2D eigenvalue weighted by molar-refractivity contribution is 5.18. The molecule has 1 aromatic rings. The molecule has 1 N–H and O–H groups in total. The van der Waals surface area contributed by atoms with Gasteiger partial charge in [-0.05, 0) is 24.1 Å². The van der Waals surface area contributed by atoms with E-state index in [4.69, 9.17) is 4.84 Å². The summed E-state index contributed by atoms with van der Waals surface area (Å²) in [5.41, 5.74) is 2.86. The van der Waals surface area contributed by atoms with Gasteiger partial charge in [-0.1, -0.05) is 13.8 Å². The number of nitrogens with one attached hydrogen (secondary N) is 1. The summed E-state index contributed by atoms with van der Waals surface area (Å²) >= 11 is 0. The highest BCUT2D eigenvalue weighted by Crippen LogP contribution is 2.09. The molecule has 0 saturated carbocycles. The lowest BCUT2D eigenvalue weighted by molar-refractivity contribution is 0.0191. The molecule has 0 spiro atoms. The zero-order valence-corrected chi connectivity index (χ0v) is 8.89. The van der Waals surface area contributed by atoms with Crippen molar-refractivity contribution in [3.05, 3.63) is 35.4 Å². The number of hydrogen-bond donors (Lipinski definition) is 1. The lowest BCUT2D eigenvalue weighted by atomic mass is 10.2. The van der Waals surface area contributed by atoms with Gasteiger partial charge in [0.2, 0.25) is 0 Å². The molecule has 2 nitrogen and oxygen atoms in total. The largest absolute Gasteiger partial charge is 0.301 e. The Balaban J connectivity index is 2.40. The topological polar surface area (TPSA) is 21.3 Å². The summed E-state index contributed by atoms with van der Waals surface area (Å²) in [6, 6.07) is 3.35. The van der Waals surface area contributed by atoms with Crippen molar-refractivity contribution in [3.63, 3.8) is 0 Å². The molecule has 0 unspecified atom stereocenters. The zero-order chi connectivity index (χ0) is 11.3. The maximum atomic E-state index is 13.1. The van der Waals surface area contributed by atoms with Gasteiger partial charge in [0.25, 0.3) is 0 Å². The third-order valence-electron chi connectivity index (χ3n) is 1.79. The van der Waals surface area contributed by atoms with Crippen LogP contribution in [0.25, 0.3) is 0 Å². The van der Waals surface area contributed by atoms with Crippen LogP contribution in [0, 0.1) is 17.6 Å². The monoisotopic (exact) mass is 215 g/mol. The maximum absolute atomic E-state index is 13.1. The Morgan fingerprint density at radius 2 is 2.07 bits per heavy atom. The van der Waals surface area contributed by atoms with Crippen molar-refractivity contribution in [2.75, 3.05) is 6.61 Å². The Hall–Kier alpha value is -1.00. The molecule has 0 aliphatic carbocycles. The molecule has 0 saturated heterocycles. The molecule has 0 amide bonds. The highest BCUT2D eigenvalue weighted by atomic mass is 19.1. The van der Waals surface area contributed by atoms with Gasteiger partial charge in [0.05, 0.1) is 6.61 Å². The summed E-state index contributed by atoms with van der Waals surface area (Å²) in [6.07, 6.45) is 0. The summed E-state index contributed by atoms with van der Waals surface area (Å²) in [7, 11) is 0. The van der Waals surface area contributed by atoms with Crippen molar-refractivity contribution in [1.82, 2.24) is 5.48 Å². The van der Waals surface area contributed by atoms with Gasteiger partial charge in [0, 0.05) is 12.1 Å². The SMILES string of the molecule is CC(C)CONCc1cc(F)ccc1F. The van der Waals surface area contributed by atoms with Gasteiger partial charge < -0.3 is 4.84 Å². The fourth-order valence-electron chi connectivity index (χ4n) is 1.03. The van der Waals surface area contributed by atoms with Crippen LogP contribution in [0.5, 0.6) is 0 Å². The van der Waals surface area contributed by atoms with Crippen LogP contribution < -0.4 is 5.48 Å². The molecule has 1 rings (SSSR count). The first-order chi connectivity index (χ1) is 7.09. The van der Waals surface area contributed by atoms with E-state index in [0.29, 0.717) is 12.5 Å². The summed E-state index contributed by atoms with van der Waals surface area (Å²) in [5, 5.41) is 0. The number of hydrogen-bond acceptors (Lipinski definition) is 2. The molecule has 0 aliphatic heterocycles. The standard InChI is InChI=1S/C11H15F2NO/c1-8(2)7-15-14-6-9-5-10(12)3-4-11(9)13/h3-5,8,14H,6-7H2,1-2H3. The van der Waals surface area contributed by atoms with Crippen LogP contribution in [0.4, 0.5) is 8.78 Å². The predicted octanol–water partition coefficient (Wildman–Crippen LogP) is 2.64. The maximum Gasteiger partial charge on any atom is 0.127 e. The number of hydroxylamine groups is 1. The summed E-state index contributed by atoms with van der Waals surface area (Å²) in [6.45, 7) is 4.71. The highest BCUT2D eigenvalue weighted by Gasteiger charge is 2.03. The average molecular weight is 215 g/mol. The average Bonchev–Trinajstić information content (AvgIpc) is 2.17. The Bertz CT molecular complexity index is 315. The Labute approximate surface area is 88.2 Å². The molecule has 0 atom stereocenters. The first-order valence-corrected chi connectivity index (χ1v) is 4.88. The summed E-state index contributed by atoms with van der Waals surface area (Å²) in [5.74, 6) is -0.482. The van der Waals surface area contributed by atoms with Crippen LogP contribution >= 0.6 is 0 Å².